The lowest BCUT2D eigenvalue weighted by Crippen LogP contribution is -2.43. The molecule has 106 valence electrons. The molecule has 1 atom stereocenters. The number of aliphatic hydroxyl groups is 1. The first kappa shape index (κ1) is 15.7. The summed E-state index contributed by atoms with van der Waals surface area (Å²) in [7, 11) is 1.96. The van der Waals surface area contributed by atoms with Crippen molar-refractivity contribution < 1.29 is 15.0 Å². The van der Waals surface area contributed by atoms with Crippen molar-refractivity contribution in [2.24, 2.45) is 0 Å². The van der Waals surface area contributed by atoms with Gasteiger partial charge in [0, 0.05) is 12.1 Å². The Kier molecular flexibility index (Phi) is 5.09. The number of carboxylic acid groups (broad SMARTS) is 1. The predicted molar refractivity (Wildman–Crippen MR) is 75.1 cm³/mol. The predicted octanol–water partition coefficient (Wildman–Crippen LogP) is 2.08. The van der Waals surface area contributed by atoms with Gasteiger partial charge in [-0.15, -0.1) is 0 Å². The van der Waals surface area contributed by atoms with Gasteiger partial charge in [-0.2, -0.15) is 0 Å². The summed E-state index contributed by atoms with van der Waals surface area (Å²) in [5.74, 6) is -1.30. The number of nitrogens with zero attached hydrogens (tertiary/aromatic N) is 1. The summed E-state index contributed by atoms with van der Waals surface area (Å²) in [6.07, 6.45) is 0. The average molecular weight is 265 g/mol. The summed E-state index contributed by atoms with van der Waals surface area (Å²) >= 11 is 0. The number of hydrogen-bond donors (Lipinski definition) is 2. The fourth-order valence-corrected chi connectivity index (χ4v) is 1.66. The normalized spacial score (nSPS) is 13.6. The minimum absolute atomic E-state index is 0.0949. The van der Waals surface area contributed by atoms with Gasteiger partial charge in [0.25, 0.3) is 0 Å². The van der Waals surface area contributed by atoms with Crippen LogP contribution in [-0.2, 0) is 11.3 Å². The molecule has 4 heteroatoms. The molecule has 1 aromatic rings. The van der Waals surface area contributed by atoms with Gasteiger partial charge in [0.2, 0.25) is 0 Å². The Morgan fingerprint density at radius 3 is 2.26 bits per heavy atom. The molecule has 1 aromatic carbocycles. The van der Waals surface area contributed by atoms with E-state index in [2.05, 4.69) is 4.90 Å². The highest BCUT2D eigenvalue weighted by atomic mass is 16.4. The van der Waals surface area contributed by atoms with Crippen LogP contribution in [0.15, 0.2) is 24.3 Å². The second kappa shape index (κ2) is 6.17. The van der Waals surface area contributed by atoms with E-state index < -0.39 is 11.9 Å². The summed E-state index contributed by atoms with van der Waals surface area (Å²) in [5.41, 5.74) is 1.64. The van der Waals surface area contributed by atoms with Gasteiger partial charge in [-0.3, -0.25) is 9.69 Å². The van der Waals surface area contributed by atoms with Crippen molar-refractivity contribution in [2.45, 2.75) is 38.8 Å². The summed E-state index contributed by atoms with van der Waals surface area (Å²) in [4.78, 5) is 13.0. The Hall–Kier alpha value is -1.39. The Bertz CT molecular complexity index is 426. The van der Waals surface area contributed by atoms with Crippen LogP contribution in [0.5, 0.6) is 0 Å². The number of likely N-dealkylation sites (N-methyl/N-ethyl adjacent to an activating group) is 1. The van der Waals surface area contributed by atoms with E-state index in [1.54, 1.807) is 6.92 Å². The van der Waals surface area contributed by atoms with E-state index in [-0.39, 0.29) is 12.1 Å². The van der Waals surface area contributed by atoms with Crippen LogP contribution in [0, 0.1) is 0 Å². The van der Waals surface area contributed by atoms with E-state index in [4.69, 9.17) is 5.11 Å². The van der Waals surface area contributed by atoms with Crippen LogP contribution < -0.4 is 0 Å². The maximum Gasteiger partial charge on any atom is 0.310 e. The van der Waals surface area contributed by atoms with Crippen LogP contribution in [0.2, 0.25) is 0 Å². The quantitative estimate of drug-likeness (QED) is 0.826. The molecule has 0 aromatic heterocycles. The van der Waals surface area contributed by atoms with Gasteiger partial charge in [-0.1, -0.05) is 24.3 Å². The zero-order chi connectivity index (χ0) is 14.6. The van der Waals surface area contributed by atoms with Gasteiger partial charge in [-0.05, 0) is 38.9 Å². The van der Waals surface area contributed by atoms with Crippen LogP contribution in [0.1, 0.15) is 37.8 Å². The third-order valence-corrected chi connectivity index (χ3v) is 3.69. The zero-order valence-corrected chi connectivity index (χ0v) is 12.1. The first-order chi connectivity index (χ1) is 8.77. The third-order valence-electron chi connectivity index (χ3n) is 3.69. The molecule has 0 bridgehead atoms. The van der Waals surface area contributed by atoms with E-state index in [0.29, 0.717) is 0 Å². The van der Waals surface area contributed by atoms with E-state index in [9.17, 15) is 9.90 Å². The first-order valence-electron chi connectivity index (χ1n) is 6.41. The largest absolute Gasteiger partial charge is 0.481 e. The van der Waals surface area contributed by atoms with Crippen molar-refractivity contribution >= 4 is 5.97 Å². The van der Waals surface area contributed by atoms with Crippen molar-refractivity contribution in [2.75, 3.05) is 13.7 Å². The number of hydrogen-bond acceptors (Lipinski definition) is 3. The van der Waals surface area contributed by atoms with Crippen molar-refractivity contribution in [3.8, 4) is 0 Å². The molecular formula is C15H23NO3. The van der Waals surface area contributed by atoms with E-state index >= 15 is 0 Å². The first-order valence-corrected chi connectivity index (χ1v) is 6.41. The fourth-order valence-electron chi connectivity index (χ4n) is 1.66. The molecular weight excluding hydrogens is 242 g/mol. The maximum absolute atomic E-state index is 10.9. The summed E-state index contributed by atoms with van der Waals surface area (Å²) in [5, 5.41) is 18.3. The molecule has 0 heterocycles. The molecule has 4 nitrogen and oxygen atoms in total. The lowest BCUT2D eigenvalue weighted by molar-refractivity contribution is -0.138. The van der Waals surface area contributed by atoms with Gasteiger partial charge in [-0.25, -0.2) is 0 Å². The van der Waals surface area contributed by atoms with Crippen molar-refractivity contribution in [1.82, 2.24) is 4.90 Å². The van der Waals surface area contributed by atoms with Crippen LogP contribution in [0.3, 0.4) is 0 Å². The lowest BCUT2D eigenvalue weighted by Gasteiger charge is -2.33. The van der Waals surface area contributed by atoms with Gasteiger partial charge < -0.3 is 10.2 Å². The zero-order valence-electron chi connectivity index (χ0n) is 12.1. The highest BCUT2D eigenvalue weighted by Gasteiger charge is 2.22. The topological polar surface area (TPSA) is 60.8 Å². The van der Waals surface area contributed by atoms with Gasteiger partial charge >= 0.3 is 5.97 Å². The molecule has 0 aliphatic carbocycles. The van der Waals surface area contributed by atoms with Crippen molar-refractivity contribution in [3.63, 3.8) is 0 Å². The standard InChI is InChI=1S/C15H23NO3/c1-11(14(18)19)13-7-5-12(6-8-13)9-16(4)15(2,3)10-17/h5-8,11,17H,9-10H2,1-4H3,(H,18,19). The number of rotatable bonds is 6. The molecule has 0 amide bonds. The second-order valence-corrected chi connectivity index (χ2v) is 5.63. The summed E-state index contributed by atoms with van der Waals surface area (Å²) in [6.45, 7) is 6.45. The number of aliphatic hydroxyl groups excluding tert-OH is 1. The van der Waals surface area contributed by atoms with Crippen LogP contribution in [-0.4, -0.2) is 40.3 Å². The Labute approximate surface area is 114 Å². The molecule has 0 saturated heterocycles. The van der Waals surface area contributed by atoms with Gasteiger partial charge in [0.05, 0.1) is 12.5 Å². The number of carboxylic acids is 1. The molecule has 0 fully saturated rings. The number of benzene rings is 1. The molecule has 1 unspecified atom stereocenters. The molecule has 0 spiro atoms. The monoisotopic (exact) mass is 265 g/mol. The maximum atomic E-state index is 10.9. The Morgan fingerprint density at radius 1 is 1.32 bits per heavy atom. The van der Waals surface area contributed by atoms with Crippen molar-refractivity contribution in [1.29, 1.82) is 0 Å². The van der Waals surface area contributed by atoms with E-state index in [0.717, 1.165) is 17.7 Å². The Balaban J connectivity index is 2.75. The lowest BCUT2D eigenvalue weighted by atomic mass is 9.99. The second-order valence-electron chi connectivity index (χ2n) is 5.63. The minimum atomic E-state index is -0.814. The third kappa shape index (κ3) is 4.04. The molecule has 0 aliphatic rings. The molecule has 0 aliphatic heterocycles. The summed E-state index contributed by atoms with van der Waals surface area (Å²) < 4.78 is 0. The highest BCUT2D eigenvalue weighted by Crippen LogP contribution is 2.19. The molecule has 1 rings (SSSR count). The fraction of sp³-hybridized carbons (Fsp3) is 0.533. The van der Waals surface area contributed by atoms with Crippen molar-refractivity contribution in [3.05, 3.63) is 35.4 Å². The summed E-state index contributed by atoms with van der Waals surface area (Å²) in [6, 6.07) is 7.60. The van der Waals surface area contributed by atoms with Crippen LogP contribution in [0.4, 0.5) is 0 Å². The molecule has 0 saturated carbocycles. The van der Waals surface area contributed by atoms with E-state index in [1.165, 1.54) is 0 Å². The Morgan fingerprint density at radius 2 is 1.84 bits per heavy atom. The van der Waals surface area contributed by atoms with Gasteiger partial charge in [0.15, 0.2) is 0 Å². The minimum Gasteiger partial charge on any atom is -0.481 e. The molecule has 0 radical (unpaired) electrons. The molecule has 2 N–H and O–H groups in total. The number of aliphatic carboxylic acids is 1. The SMILES string of the molecule is CC(C(=O)O)c1ccc(CN(C)C(C)(C)CO)cc1. The average Bonchev–Trinajstić information content (AvgIpc) is 2.38. The smallest absolute Gasteiger partial charge is 0.310 e. The molecule has 19 heavy (non-hydrogen) atoms. The van der Waals surface area contributed by atoms with E-state index in [1.807, 2.05) is 45.2 Å². The number of carbonyl (C=O) groups is 1. The van der Waals surface area contributed by atoms with Gasteiger partial charge in [0.1, 0.15) is 0 Å². The van der Waals surface area contributed by atoms with Crippen LogP contribution in [0.25, 0.3) is 0 Å². The van der Waals surface area contributed by atoms with Crippen LogP contribution >= 0.6 is 0 Å². The highest BCUT2D eigenvalue weighted by molar-refractivity contribution is 5.75.